The Morgan fingerprint density at radius 2 is 2.08 bits per heavy atom. The average molecular weight is 381 g/mol. The van der Waals surface area contributed by atoms with E-state index in [2.05, 4.69) is 15.2 Å². The fourth-order valence-electron chi connectivity index (χ4n) is 1.87. The van der Waals surface area contributed by atoms with E-state index in [-0.39, 0.29) is 11.7 Å². The number of aromatic nitrogens is 3. The van der Waals surface area contributed by atoms with Gasteiger partial charge in [-0.05, 0) is 24.3 Å². The van der Waals surface area contributed by atoms with Crippen molar-refractivity contribution in [3.05, 3.63) is 45.9 Å². The second-order valence-electron chi connectivity index (χ2n) is 4.85. The Labute approximate surface area is 151 Å². The summed E-state index contributed by atoms with van der Waals surface area (Å²) in [5.74, 6) is 0.621. The molecular weight excluding hydrogens is 368 g/mol. The Morgan fingerprint density at radius 1 is 1.29 bits per heavy atom. The summed E-state index contributed by atoms with van der Waals surface area (Å²) in [6.07, 6.45) is 3.31. The van der Waals surface area contributed by atoms with Crippen LogP contribution in [0.1, 0.15) is 4.88 Å². The fourth-order valence-corrected chi connectivity index (χ4v) is 3.72. The molecule has 0 radical (unpaired) electrons. The van der Waals surface area contributed by atoms with Crippen LogP contribution in [0.3, 0.4) is 0 Å². The summed E-state index contributed by atoms with van der Waals surface area (Å²) in [5.41, 5.74) is 0.794. The summed E-state index contributed by atoms with van der Waals surface area (Å²) in [6, 6.07) is 7.32. The monoisotopic (exact) mass is 380 g/mol. The van der Waals surface area contributed by atoms with Crippen LogP contribution in [-0.4, -0.2) is 38.8 Å². The maximum absolute atomic E-state index is 12.2. The lowest BCUT2D eigenvalue weighted by Gasteiger charge is -2.15. The number of hydrogen-bond donors (Lipinski definition) is 0. The molecule has 1 amide bonds. The van der Waals surface area contributed by atoms with Crippen molar-refractivity contribution in [3.8, 4) is 11.5 Å². The molecule has 0 aliphatic rings. The first-order valence-corrected chi connectivity index (χ1v) is 9.14. The smallest absolute Gasteiger partial charge is 0.277 e. The number of hydrogen-bond acceptors (Lipinski definition) is 7. The minimum absolute atomic E-state index is 0.0202. The zero-order chi connectivity index (χ0) is 16.9. The number of carbonyl (C=O) groups excluding carboxylic acids is 1. The lowest BCUT2D eigenvalue weighted by molar-refractivity contribution is -0.127. The maximum Gasteiger partial charge on any atom is 0.277 e. The molecule has 3 rings (SSSR count). The topological polar surface area (TPSA) is 72.1 Å². The highest BCUT2D eigenvalue weighted by Gasteiger charge is 2.14. The second kappa shape index (κ2) is 7.78. The number of thiophene rings is 1. The van der Waals surface area contributed by atoms with Crippen LogP contribution >= 0.6 is 34.7 Å². The van der Waals surface area contributed by atoms with Crippen molar-refractivity contribution in [2.45, 2.75) is 11.8 Å². The van der Waals surface area contributed by atoms with E-state index in [9.17, 15) is 4.79 Å². The molecule has 0 atom stereocenters. The molecule has 0 bridgehead atoms. The minimum Gasteiger partial charge on any atom is -0.411 e. The first-order valence-electron chi connectivity index (χ1n) is 6.96. The van der Waals surface area contributed by atoms with Crippen LogP contribution in [0.5, 0.6) is 0 Å². The third-order valence-electron chi connectivity index (χ3n) is 3.10. The van der Waals surface area contributed by atoms with E-state index in [0.717, 1.165) is 14.8 Å². The van der Waals surface area contributed by atoms with Crippen molar-refractivity contribution in [1.29, 1.82) is 0 Å². The molecule has 3 aromatic rings. The molecule has 0 aliphatic carbocycles. The van der Waals surface area contributed by atoms with Gasteiger partial charge in [0.1, 0.15) is 0 Å². The molecule has 0 unspecified atom stereocenters. The molecule has 0 aromatic carbocycles. The van der Waals surface area contributed by atoms with Gasteiger partial charge in [-0.1, -0.05) is 23.4 Å². The molecule has 24 heavy (non-hydrogen) atoms. The number of amides is 1. The van der Waals surface area contributed by atoms with Crippen LogP contribution < -0.4 is 0 Å². The summed E-state index contributed by atoms with van der Waals surface area (Å²) in [6.45, 7) is 0.531. The second-order valence-corrected chi connectivity index (χ2v) is 7.58. The predicted octanol–water partition coefficient (Wildman–Crippen LogP) is 3.60. The van der Waals surface area contributed by atoms with Gasteiger partial charge in [0.25, 0.3) is 5.22 Å². The normalized spacial score (nSPS) is 10.8. The first kappa shape index (κ1) is 16.9. The molecule has 9 heteroatoms. The van der Waals surface area contributed by atoms with Gasteiger partial charge in [0.2, 0.25) is 11.8 Å². The summed E-state index contributed by atoms with van der Waals surface area (Å²) in [5, 5.41) is 8.29. The molecule has 3 aromatic heterocycles. The fraction of sp³-hybridized carbons (Fsp3) is 0.200. The standard InChI is InChI=1S/C15H13ClN4O2S2/c1-20(8-11-2-3-12(16)24-11)13(21)9-23-15-19-18-14(22-15)10-4-6-17-7-5-10/h2-7H,8-9H2,1H3. The van der Waals surface area contributed by atoms with Crippen LogP contribution in [0.2, 0.25) is 4.34 Å². The van der Waals surface area contributed by atoms with E-state index >= 15 is 0 Å². The van der Waals surface area contributed by atoms with Gasteiger partial charge in [-0.25, -0.2) is 0 Å². The van der Waals surface area contributed by atoms with Crippen LogP contribution in [0, 0.1) is 0 Å². The van der Waals surface area contributed by atoms with E-state index in [4.69, 9.17) is 16.0 Å². The molecule has 0 N–H and O–H groups in total. The summed E-state index contributed by atoms with van der Waals surface area (Å²) < 4.78 is 6.27. The van der Waals surface area contributed by atoms with E-state index in [1.165, 1.54) is 23.1 Å². The van der Waals surface area contributed by atoms with E-state index in [1.54, 1.807) is 36.5 Å². The minimum atomic E-state index is -0.0202. The Morgan fingerprint density at radius 3 is 2.79 bits per heavy atom. The highest BCUT2D eigenvalue weighted by Crippen LogP contribution is 2.24. The van der Waals surface area contributed by atoms with E-state index < -0.39 is 0 Å². The Hall–Kier alpha value is -1.90. The molecule has 6 nitrogen and oxygen atoms in total. The van der Waals surface area contributed by atoms with E-state index in [0.29, 0.717) is 17.7 Å². The zero-order valence-electron chi connectivity index (χ0n) is 12.7. The number of pyridine rings is 1. The Kier molecular flexibility index (Phi) is 5.49. The van der Waals surface area contributed by atoms with Crippen molar-refractivity contribution in [3.63, 3.8) is 0 Å². The van der Waals surface area contributed by atoms with Gasteiger partial charge in [0, 0.05) is 29.9 Å². The lowest BCUT2D eigenvalue weighted by Crippen LogP contribution is -2.27. The highest BCUT2D eigenvalue weighted by molar-refractivity contribution is 7.99. The first-order chi connectivity index (χ1) is 11.6. The van der Waals surface area contributed by atoms with Crippen molar-refractivity contribution < 1.29 is 9.21 Å². The van der Waals surface area contributed by atoms with Gasteiger partial charge in [-0.3, -0.25) is 9.78 Å². The third kappa shape index (κ3) is 4.34. The molecule has 0 aliphatic heterocycles. The molecule has 0 fully saturated rings. The third-order valence-corrected chi connectivity index (χ3v) is 5.12. The SMILES string of the molecule is CN(Cc1ccc(Cl)s1)C(=O)CSc1nnc(-c2ccncc2)o1. The van der Waals surface area contributed by atoms with E-state index in [1.807, 2.05) is 12.1 Å². The number of rotatable bonds is 6. The Bertz CT molecular complexity index is 822. The van der Waals surface area contributed by atoms with Gasteiger partial charge in [-0.2, -0.15) is 0 Å². The largest absolute Gasteiger partial charge is 0.411 e. The number of halogens is 1. The van der Waals surface area contributed by atoms with Gasteiger partial charge < -0.3 is 9.32 Å². The van der Waals surface area contributed by atoms with Crippen LogP contribution in [-0.2, 0) is 11.3 Å². The molecule has 0 saturated carbocycles. The van der Waals surface area contributed by atoms with Crippen molar-refractivity contribution in [2.24, 2.45) is 0 Å². The molecule has 0 spiro atoms. The van der Waals surface area contributed by atoms with Crippen LogP contribution in [0.25, 0.3) is 11.5 Å². The molecular formula is C15H13ClN4O2S2. The lowest BCUT2D eigenvalue weighted by atomic mass is 10.3. The maximum atomic E-state index is 12.2. The summed E-state index contributed by atoms with van der Waals surface area (Å²) >= 11 is 8.58. The van der Waals surface area contributed by atoms with Crippen LogP contribution in [0.15, 0.2) is 46.3 Å². The number of carbonyl (C=O) groups is 1. The molecule has 124 valence electrons. The van der Waals surface area contributed by atoms with Gasteiger partial charge >= 0.3 is 0 Å². The zero-order valence-corrected chi connectivity index (χ0v) is 15.1. The number of thioether (sulfide) groups is 1. The highest BCUT2D eigenvalue weighted by atomic mass is 35.5. The molecule has 0 saturated heterocycles. The van der Waals surface area contributed by atoms with Crippen LogP contribution in [0.4, 0.5) is 0 Å². The van der Waals surface area contributed by atoms with Gasteiger partial charge in [0.05, 0.1) is 16.6 Å². The molecule has 3 heterocycles. The predicted molar refractivity (Wildman–Crippen MR) is 94.1 cm³/mol. The average Bonchev–Trinajstić information content (AvgIpc) is 3.22. The van der Waals surface area contributed by atoms with Crippen molar-refractivity contribution in [2.75, 3.05) is 12.8 Å². The number of nitrogens with zero attached hydrogens (tertiary/aromatic N) is 4. The Balaban J connectivity index is 1.53. The summed E-state index contributed by atoms with van der Waals surface area (Å²) in [7, 11) is 1.76. The van der Waals surface area contributed by atoms with Crippen molar-refractivity contribution in [1.82, 2.24) is 20.1 Å². The summed E-state index contributed by atoms with van der Waals surface area (Å²) in [4.78, 5) is 18.8. The van der Waals surface area contributed by atoms with Gasteiger partial charge in [0.15, 0.2) is 0 Å². The van der Waals surface area contributed by atoms with Crippen molar-refractivity contribution >= 4 is 40.6 Å². The van der Waals surface area contributed by atoms with Gasteiger partial charge in [-0.15, -0.1) is 21.5 Å². The quantitative estimate of drug-likeness (QED) is 0.608.